The lowest BCUT2D eigenvalue weighted by Crippen LogP contribution is -2.51. The molecule has 1 saturated carbocycles. The Hall–Kier alpha value is -1.39. The molecule has 0 saturated heterocycles. The maximum absolute atomic E-state index is 12.8. The second-order valence-corrected chi connectivity index (χ2v) is 6.01. The number of hydrogen-bond acceptors (Lipinski definition) is 4. The number of halogens is 1. The molecule has 0 aromatic heterocycles. The zero-order valence-electron chi connectivity index (χ0n) is 11.8. The zero-order valence-corrected chi connectivity index (χ0v) is 12.6. The highest BCUT2D eigenvalue weighted by Gasteiger charge is 2.51. The Morgan fingerprint density at radius 3 is 3.00 bits per heavy atom. The van der Waals surface area contributed by atoms with Crippen molar-refractivity contribution in [3.8, 4) is 0 Å². The maximum Gasteiger partial charge on any atom is 0.205 e. The van der Waals surface area contributed by atoms with Crippen LogP contribution in [0.2, 0.25) is 5.02 Å². The van der Waals surface area contributed by atoms with Gasteiger partial charge in [0.25, 0.3) is 0 Å². The van der Waals surface area contributed by atoms with Crippen LogP contribution in [0.25, 0.3) is 0 Å². The van der Waals surface area contributed by atoms with E-state index in [-0.39, 0.29) is 11.9 Å². The van der Waals surface area contributed by atoms with Crippen molar-refractivity contribution in [2.24, 2.45) is 10.7 Å². The van der Waals surface area contributed by atoms with Crippen LogP contribution in [-0.2, 0) is 15.1 Å². The second kappa shape index (κ2) is 5.78. The molecular weight excluding hydrogens is 288 g/mol. The monoisotopic (exact) mass is 306 g/mol. The summed E-state index contributed by atoms with van der Waals surface area (Å²) in [6.07, 6.45) is 3.45. The molecule has 1 heterocycles. The average molecular weight is 307 g/mol. The third kappa shape index (κ3) is 2.47. The first-order chi connectivity index (χ1) is 10.2. The summed E-state index contributed by atoms with van der Waals surface area (Å²) in [6.45, 7) is 0.583. The van der Waals surface area contributed by atoms with Gasteiger partial charge in [-0.1, -0.05) is 29.8 Å². The van der Waals surface area contributed by atoms with Gasteiger partial charge in [0.15, 0.2) is 17.5 Å². The molecule has 1 fully saturated rings. The van der Waals surface area contributed by atoms with Crippen molar-refractivity contribution in [1.29, 1.82) is 0 Å². The van der Waals surface area contributed by atoms with Crippen molar-refractivity contribution in [2.45, 2.75) is 43.7 Å². The molecule has 0 radical (unpaired) electrons. The van der Waals surface area contributed by atoms with Crippen LogP contribution >= 0.6 is 11.6 Å². The molecule has 1 aliphatic carbocycles. The van der Waals surface area contributed by atoms with Gasteiger partial charge in [0.1, 0.15) is 0 Å². The summed E-state index contributed by atoms with van der Waals surface area (Å²) in [5.74, 6) is 0.683. The first-order valence-corrected chi connectivity index (χ1v) is 7.80. The highest BCUT2D eigenvalue weighted by Crippen LogP contribution is 2.44. The molecule has 2 aliphatic rings. The molecule has 21 heavy (non-hydrogen) atoms. The molecule has 2 bridgehead atoms. The van der Waals surface area contributed by atoms with Crippen LogP contribution in [0.3, 0.4) is 0 Å². The zero-order chi connectivity index (χ0) is 14.9. The lowest BCUT2D eigenvalue weighted by atomic mass is 9.74. The Labute approximate surface area is 129 Å². The van der Waals surface area contributed by atoms with Gasteiger partial charge in [0.2, 0.25) is 5.78 Å². The van der Waals surface area contributed by atoms with E-state index >= 15 is 0 Å². The highest BCUT2D eigenvalue weighted by atomic mass is 35.5. The quantitative estimate of drug-likeness (QED) is 0.930. The largest absolute Gasteiger partial charge is 0.470 e. The Kier molecular flexibility index (Phi) is 4.00. The lowest BCUT2D eigenvalue weighted by molar-refractivity contribution is -0.137. The SMILES string of the molecule is NCCCC1=NC2(c3ccccc3Cl)CCCC(O1)C2=O. The fraction of sp³-hybridized carbons (Fsp3) is 0.500. The number of fused-ring (bicyclic) bond motifs is 2. The van der Waals surface area contributed by atoms with Gasteiger partial charge in [-0.15, -0.1) is 0 Å². The maximum atomic E-state index is 12.8. The average Bonchev–Trinajstić information content (AvgIpc) is 2.46. The predicted molar refractivity (Wildman–Crippen MR) is 82.6 cm³/mol. The van der Waals surface area contributed by atoms with E-state index < -0.39 is 5.54 Å². The van der Waals surface area contributed by atoms with Crippen molar-refractivity contribution < 1.29 is 9.53 Å². The summed E-state index contributed by atoms with van der Waals surface area (Å²) in [5, 5.41) is 0.593. The van der Waals surface area contributed by atoms with Gasteiger partial charge in [0, 0.05) is 17.0 Å². The molecule has 112 valence electrons. The number of benzene rings is 1. The topological polar surface area (TPSA) is 64.7 Å². The van der Waals surface area contributed by atoms with Crippen LogP contribution in [0.1, 0.15) is 37.7 Å². The Morgan fingerprint density at radius 2 is 2.24 bits per heavy atom. The number of carbonyl (C=O) groups is 1. The van der Waals surface area contributed by atoms with Gasteiger partial charge < -0.3 is 10.5 Å². The van der Waals surface area contributed by atoms with Gasteiger partial charge in [-0.05, 0) is 38.3 Å². The number of nitrogens with zero attached hydrogens (tertiary/aromatic N) is 1. The van der Waals surface area contributed by atoms with Crippen molar-refractivity contribution in [1.82, 2.24) is 0 Å². The summed E-state index contributed by atoms with van der Waals surface area (Å²) in [6, 6.07) is 7.48. The van der Waals surface area contributed by atoms with Crippen molar-refractivity contribution in [3.05, 3.63) is 34.9 Å². The third-order valence-corrected chi connectivity index (χ3v) is 4.54. The molecule has 0 amide bonds. The van der Waals surface area contributed by atoms with E-state index in [0.717, 1.165) is 24.8 Å². The molecule has 2 unspecified atom stereocenters. The number of Topliss-reactive ketones (excluding diaryl/α,β-unsaturated/α-hetero) is 1. The normalized spacial score (nSPS) is 28.0. The lowest BCUT2D eigenvalue weighted by Gasteiger charge is -2.41. The van der Waals surface area contributed by atoms with E-state index in [1.165, 1.54) is 0 Å². The number of nitrogens with two attached hydrogens (primary N) is 1. The smallest absolute Gasteiger partial charge is 0.205 e. The van der Waals surface area contributed by atoms with E-state index in [1.807, 2.05) is 24.3 Å². The summed E-state index contributed by atoms with van der Waals surface area (Å²) in [7, 11) is 0. The standard InChI is InChI=1S/C16H19ClN2O2/c17-12-6-2-1-5-11(12)16-9-3-7-13(15(16)20)21-14(19-16)8-4-10-18/h1-2,5-6,13H,3-4,7-10,18H2. The summed E-state index contributed by atoms with van der Waals surface area (Å²) in [5.41, 5.74) is 5.50. The first-order valence-electron chi connectivity index (χ1n) is 7.42. The number of ether oxygens (including phenoxy) is 1. The minimum atomic E-state index is -0.858. The third-order valence-electron chi connectivity index (χ3n) is 4.21. The minimum Gasteiger partial charge on any atom is -0.470 e. The Bertz CT molecular complexity index is 587. The minimum absolute atomic E-state index is 0.0401. The van der Waals surface area contributed by atoms with Gasteiger partial charge in [-0.25, -0.2) is 4.99 Å². The molecule has 2 atom stereocenters. The Morgan fingerprint density at radius 1 is 1.43 bits per heavy atom. The first kappa shape index (κ1) is 14.5. The molecule has 1 aromatic carbocycles. The molecule has 1 aliphatic heterocycles. The van der Waals surface area contributed by atoms with Crippen molar-refractivity contribution in [3.63, 3.8) is 0 Å². The predicted octanol–water partition coefficient (Wildman–Crippen LogP) is 2.82. The Balaban J connectivity index is 2.07. The molecule has 2 N–H and O–H groups in total. The van der Waals surface area contributed by atoms with Crippen LogP contribution in [0.4, 0.5) is 0 Å². The summed E-state index contributed by atoms with van der Waals surface area (Å²) in [4.78, 5) is 17.5. The number of aliphatic imine (C=N–C) groups is 1. The van der Waals surface area contributed by atoms with Gasteiger partial charge in [0.05, 0.1) is 0 Å². The molecule has 3 rings (SSSR count). The van der Waals surface area contributed by atoms with E-state index in [1.54, 1.807) is 0 Å². The number of rotatable bonds is 4. The van der Waals surface area contributed by atoms with Crippen LogP contribution in [0.15, 0.2) is 29.3 Å². The second-order valence-electron chi connectivity index (χ2n) is 5.60. The summed E-state index contributed by atoms with van der Waals surface area (Å²) < 4.78 is 5.76. The van der Waals surface area contributed by atoms with Gasteiger partial charge in [-0.3, -0.25) is 4.79 Å². The molecular formula is C16H19ClN2O2. The molecule has 5 heteroatoms. The van der Waals surface area contributed by atoms with Crippen LogP contribution in [0, 0.1) is 0 Å². The van der Waals surface area contributed by atoms with Crippen LogP contribution < -0.4 is 5.73 Å². The highest BCUT2D eigenvalue weighted by molar-refractivity contribution is 6.32. The van der Waals surface area contributed by atoms with Crippen LogP contribution in [-0.4, -0.2) is 24.3 Å². The van der Waals surface area contributed by atoms with Crippen LogP contribution in [0.5, 0.6) is 0 Å². The summed E-state index contributed by atoms with van der Waals surface area (Å²) >= 11 is 6.33. The van der Waals surface area contributed by atoms with Gasteiger partial charge in [-0.2, -0.15) is 0 Å². The van der Waals surface area contributed by atoms with E-state index in [2.05, 4.69) is 4.99 Å². The number of carbonyl (C=O) groups excluding carboxylic acids is 1. The fourth-order valence-electron chi connectivity index (χ4n) is 3.18. The fourth-order valence-corrected chi connectivity index (χ4v) is 3.48. The molecule has 1 aromatic rings. The number of hydrogen-bond donors (Lipinski definition) is 1. The van der Waals surface area contributed by atoms with Crippen molar-refractivity contribution >= 4 is 23.3 Å². The van der Waals surface area contributed by atoms with Crippen molar-refractivity contribution in [2.75, 3.05) is 6.54 Å². The van der Waals surface area contributed by atoms with E-state index in [0.29, 0.717) is 30.3 Å². The number of ketones is 1. The van der Waals surface area contributed by atoms with E-state index in [9.17, 15) is 4.79 Å². The van der Waals surface area contributed by atoms with Gasteiger partial charge >= 0.3 is 0 Å². The van der Waals surface area contributed by atoms with E-state index in [4.69, 9.17) is 22.1 Å². The molecule has 4 nitrogen and oxygen atoms in total. The molecule has 0 spiro atoms.